The topological polar surface area (TPSA) is 78.9 Å². The van der Waals surface area contributed by atoms with E-state index >= 15 is 0 Å². The maximum absolute atomic E-state index is 12.7. The second kappa shape index (κ2) is 44.3. The van der Waals surface area contributed by atoms with E-state index in [0.717, 1.165) is 89.9 Å². The van der Waals surface area contributed by atoms with E-state index < -0.39 is 6.10 Å². The van der Waals surface area contributed by atoms with Crippen molar-refractivity contribution in [3.8, 4) is 0 Å². The first-order chi connectivity index (χ1) is 27.0. The molecule has 0 saturated carbocycles. The largest absolute Gasteiger partial charge is 0.462 e. The summed E-state index contributed by atoms with van der Waals surface area (Å²) < 4.78 is 16.6. The molecule has 0 amide bonds. The molecular weight excluding hydrogens is 685 g/mol. The molecule has 0 saturated heterocycles. The molecule has 0 radical (unpaired) electrons. The molecule has 320 valence electrons. The standard InChI is InChI=1S/C49H88O6/c1-4-7-10-13-16-18-20-22-23-24-25-26-28-29-31-33-36-39-42-48(51)54-45-46(44-53-47(50)41-38-35-15-12-9-6-3)55-49(52)43-40-37-34-32-30-27-21-19-17-14-11-8-5-2/h11,14,19,21,23-24,46H,4-10,12-13,15-18,20,22,25-45H2,1-3H3/b14-11-,21-19-,24-23-. The van der Waals surface area contributed by atoms with E-state index in [4.69, 9.17) is 14.2 Å². The lowest BCUT2D eigenvalue weighted by Gasteiger charge is -2.18. The Morgan fingerprint density at radius 2 is 0.691 bits per heavy atom. The molecule has 0 aromatic heterocycles. The van der Waals surface area contributed by atoms with E-state index in [2.05, 4.69) is 57.2 Å². The summed E-state index contributed by atoms with van der Waals surface area (Å²) in [6.07, 6.45) is 50.0. The van der Waals surface area contributed by atoms with Crippen molar-refractivity contribution in [2.45, 2.75) is 245 Å². The molecule has 0 aliphatic carbocycles. The fourth-order valence-electron chi connectivity index (χ4n) is 6.53. The van der Waals surface area contributed by atoms with Crippen LogP contribution in [-0.4, -0.2) is 37.2 Å². The molecule has 0 fully saturated rings. The number of ether oxygens (including phenoxy) is 3. The highest BCUT2D eigenvalue weighted by atomic mass is 16.6. The van der Waals surface area contributed by atoms with Gasteiger partial charge in [-0.15, -0.1) is 0 Å². The SMILES string of the molecule is CCC/C=C\C/C=C\CCCCCCCC(=O)OC(COC(=O)CCCCCCCC)COC(=O)CCCCCCCCC/C=C\CCCCCCCCC. The Kier molecular flexibility index (Phi) is 42.4. The molecule has 0 rings (SSSR count). The number of hydrogen-bond acceptors (Lipinski definition) is 6. The Labute approximate surface area is 340 Å². The Hall–Kier alpha value is -2.37. The van der Waals surface area contributed by atoms with Crippen molar-refractivity contribution in [3.63, 3.8) is 0 Å². The zero-order chi connectivity index (χ0) is 40.1. The Bertz CT molecular complexity index is 938. The van der Waals surface area contributed by atoms with E-state index in [0.29, 0.717) is 19.3 Å². The van der Waals surface area contributed by atoms with Crippen molar-refractivity contribution >= 4 is 17.9 Å². The van der Waals surface area contributed by atoms with Gasteiger partial charge in [-0.05, 0) is 70.6 Å². The summed E-state index contributed by atoms with van der Waals surface area (Å²) in [5.41, 5.74) is 0. The monoisotopic (exact) mass is 773 g/mol. The summed E-state index contributed by atoms with van der Waals surface area (Å²) in [6.45, 7) is 6.50. The first-order valence-corrected chi connectivity index (χ1v) is 23.5. The molecule has 0 aliphatic heterocycles. The van der Waals surface area contributed by atoms with Gasteiger partial charge in [0, 0.05) is 19.3 Å². The zero-order valence-electron chi connectivity index (χ0n) is 36.4. The molecule has 0 bridgehead atoms. The van der Waals surface area contributed by atoms with Gasteiger partial charge in [0.15, 0.2) is 6.10 Å². The summed E-state index contributed by atoms with van der Waals surface area (Å²) in [7, 11) is 0. The van der Waals surface area contributed by atoms with Crippen molar-refractivity contribution < 1.29 is 28.6 Å². The molecule has 1 atom stereocenters. The normalized spacial score (nSPS) is 12.3. The van der Waals surface area contributed by atoms with E-state index in [1.807, 2.05) is 0 Å². The summed E-state index contributed by atoms with van der Waals surface area (Å²) >= 11 is 0. The molecule has 1 unspecified atom stereocenters. The molecule has 0 spiro atoms. The highest BCUT2D eigenvalue weighted by molar-refractivity contribution is 5.71. The van der Waals surface area contributed by atoms with Gasteiger partial charge in [0.2, 0.25) is 0 Å². The fraction of sp³-hybridized carbons (Fsp3) is 0.816. The lowest BCUT2D eigenvalue weighted by Crippen LogP contribution is -2.30. The van der Waals surface area contributed by atoms with Crippen LogP contribution in [0, 0.1) is 0 Å². The third-order valence-electron chi connectivity index (χ3n) is 10.1. The van der Waals surface area contributed by atoms with Crippen LogP contribution >= 0.6 is 0 Å². The zero-order valence-corrected chi connectivity index (χ0v) is 36.4. The smallest absolute Gasteiger partial charge is 0.306 e. The van der Waals surface area contributed by atoms with Crippen LogP contribution in [0.1, 0.15) is 239 Å². The van der Waals surface area contributed by atoms with Crippen LogP contribution in [0.2, 0.25) is 0 Å². The molecule has 6 nitrogen and oxygen atoms in total. The van der Waals surface area contributed by atoms with E-state index in [-0.39, 0.29) is 31.1 Å². The number of rotatable bonds is 42. The molecular formula is C49H88O6. The summed E-state index contributed by atoms with van der Waals surface area (Å²) in [4.78, 5) is 37.6. The second-order valence-electron chi connectivity index (χ2n) is 15.7. The van der Waals surface area contributed by atoms with E-state index in [1.165, 1.54) is 109 Å². The molecule has 0 aliphatic rings. The summed E-state index contributed by atoms with van der Waals surface area (Å²) in [5.74, 6) is -0.905. The Morgan fingerprint density at radius 1 is 0.364 bits per heavy atom. The molecule has 0 heterocycles. The number of carbonyl (C=O) groups is 3. The average Bonchev–Trinajstić information content (AvgIpc) is 3.18. The third-order valence-corrected chi connectivity index (χ3v) is 10.1. The molecule has 0 aromatic carbocycles. The number of esters is 3. The lowest BCUT2D eigenvalue weighted by molar-refractivity contribution is -0.167. The third kappa shape index (κ3) is 42.6. The Morgan fingerprint density at radius 3 is 1.09 bits per heavy atom. The predicted octanol–water partition coefficient (Wildman–Crippen LogP) is 15.0. The van der Waals surface area contributed by atoms with Crippen molar-refractivity contribution in [2.75, 3.05) is 13.2 Å². The van der Waals surface area contributed by atoms with E-state index in [9.17, 15) is 14.4 Å². The van der Waals surface area contributed by atoms with Crippen molar-refractivity contribution in [3.05, 3.63) is 36.5 Å². The van der Waals surface area contributed by atoms with Crippen LogP contribution in [-0.2, 0) is 28.6 Å². The lowest BCUT2D eigenvalue weighted by atomic mass is 10.1. The highest BCUT2D eigenvalue weighted by Crippen LogP contribution is 2.14. The van der Waals surface area contributed by atoms with Gasteiger partial charge in [-0.25, -0.2) is 0 Å². The van der Waals surface area contributed by atoms with Crippen LogP contribution in [0.5, 0.6) is 0 Å². The molecule has 0 aromatic rings. The van der Waals surface area contributed by atoms with Crippen molar-refractivity contribution in [1.29, 1.82) is 0 Å². The maximum atomic E-state index is 12.7. The van der Waals surface area contributed by atoms with Gasteiger partial charge in [0.05, 0.1) is 0 Å². The molecule has 55 heavy (non-hydrogen) atoms. The van der Waals surface area contributed by atoms with Gasteiger partial charge >= 0.3 is 17.9 Å². The fourth-order valence-corrected chi connectivity index (χ4v) is 6.53. The Balaban J connectivity index is 4.24. The van der Waals surface area contributed by atoms with Gasteiger partial charge in [-0.3, -0.25) is 14.4 Å². The summed E-state index contributed by atoms with van der Waals surface area (Å²) in [6, 6.07) is 0. The van der Waals surface area contributed by atoms with Crippen LogP contribution in [0.25, 0.3) is 0 Å². The van der Waals surface area contributed by atoms with Gasteiger partial charge < -0.3 is 14.2 Å². The van der Waals surface area contributed by atoms with Crippen LogP contribution in [0.3, 0.4) is 0 Å². The first-order valence-electron chi connectivity index (χ1n) is 23.5. The van der Waals surface area contributed by atoms with E-state index in [1.54, 1.807) is 0 Å². The number of carbonyl (C=O) groups excluding carboxylic acids is 3. The van der Waals surface area contributed by atoms with Crippen molar-refractivity contribution in [1.82, 2.24) is 0 Å². The maximum Gasteiger partial charge on any atom is 0.306 e. The van der Waals surface area contributed by atoms with Gasteiger partial charge in [-0.1, -0.05) is 186 Å². The van der Waals surface area contributed by atoms with Crippen LogP contribution in [0.4, 0.5) is 0 Å². The number of unbranched alkanes of at least 4 members (excludes halogenated alkanes) is 25. The molecule has 6 heteroatoms. The first kappa shape index (κ1) is 52.6. The van der Waals surface area contributed by atoms with Gasteiger partial charge in [0.1, 0.15) is 13.2 Å². The van der Waals surface area contributed by atoms with Crippen LogP contribution < -0.4 is 0 Å². The van der Waals surface area contributed by atoms with Gasteiger partial charge in [-0.2, -0.15) is 0 Å². The minimum absolute atomic E-state index is 0.0788. The minimum Gasteiger partial charge on any atom is -0.462 e. The predicted molar refractivity (Wildman–Crippen MR) is 233 cm³/mol. The second-order valence-corrected chi connectivity index (χ2v) is 15.7. The average molecular weight is 773 g/mol. The highest BCUT2D eigenvalue weighted by Gasteiger charge is 2.19. The van der Waals surface area contributed by atoms with Crippen molar-refractivity contribution in [2.24, 2.45) is 0 Å². The van der Waals surface area contributed by atoms with Gasteiger partial charge in [0.25, 0.3) is 0 Å². The van der Waals surface area contributed by atoms with Crippen LogP contribution in [0.15, 0.2) is 36.5 Å². The summed E-state index contributed by atoms with van der Waals surface area (Å²) in [5, 5.41) is 0. The minimum atomic E-state index is -0.774. The quantitative estimate of drug-likeness (QED) is 0.0266. The number of allylic oxidation sites excluding steroid dienone is 6. The number of hydrogen-bond donors (Lipinski definition) is 0. The molecule has 0 N–H and O–H groups in total.